The number of hydrogen-bond acceptors (Lipinski definition) is 6. The molecule has 0 aliphatic heterocycles. The highest BCUT2D eigenvalue weighted by Gasteiger charge is 2.40. The highest BCUT2D eigenvalue weighted by molar-refractivity contribution is 7.48. The van der Waals surface area contributed by atoms with Crippen LogP contribution in [-0.2, 0) is 22.9 Å². The van der Waals surface area contributed by atoms with Gasteiger partial charge in [0, 0.05) is 14.2 Å². The molecule has 0 fully saturated rings. The monoisotopic (exact) mass is 252 g/mol. The van der Waals surface area contributed by atoms with E-state index in [0.717, 1.165) is 20.3 Å². The van der Waals surface area contributed by atoms with E-state index < -0.39 is 25.3 Å². The first-order valence-electron chi connectivity index (χ1n) is 4.49. The lowest BCUT2D eigenvalue weighted by molar-refractivity contribution is -0.140. The molecule has 2 atom stereocenters. The number of ketones is 1. The lowest BCUT2D eigenvalue weighted by Gasteiger charge is -2.29. The van der Waals surface area contributed by atoms with Gasteiger partial charge in [-0.25, -0.2) is 4.57 Å². The summed E-state index contributed by atoms with van der Waals surface area (Å²) in [5, 5.41) is 9.83. The number of rotatable bonds is 7. The van der Waals surface area contributed by atoms with Crippen LogP contribution in [0.2, 0.25) is 0 Å². The molecular formula is C9H17O6P. The van der Waals surface area contributed by atoms with Crippen molar-refractivity contribution in [3.05, 3.63) is 12.7 Å². The maximum absolute atomic E-state index is 11.7. The van der Waals surface area contributed by atoms with E-state index in [1.807, 2.05) is 0 Å². The fraction of sp³-hybridized carbons (Fsp3) is 0.667. The third-order valence-corrected chi connectivity index (χ3v) is 3.55. The largest absolute Gasteiger partial charge is 0.474 e. The quantitative estimate of drug-likeness (QED) is 0.543. The molecule has 0 aromatic heterocycles. The summed E-state index contributed by atoms with van der Waals surface area (Å²) in [6.07, 6.45) is -0.0257. The van der Waals surface area contributed by atoms with Crippen LogP contribution in [0, 0.1) is 0 Å². The van der Waals surface area contributed by atoms with Gasteiger partial charge >= 0.3 is 7.82 Å². The number of Topliss-reactive ketones (excluding diaryl/α,β-unsaturated/α-hetero) is 1. The number of carbonyl (C=O) groups excluding carboxylic acids is 1. The minimum Gasteiger partial charge on any atom is -0.379 e. The first kappa shape index (κ1) is 15.5. The minimum absolute atomic E-state index is 0.545. The Balaban J connectivity index is 4.98. The maximum atomic E-state index is 11.7. The van der Waals surface area contributed by atoms with Gasteiger partial charge < -0.3 is 5.11 Å². The second kappa shape index (κ2) is 5.70. The summed E-state index contributed by atoms with van der Waals surface area (Å²) in [7, 11) is -1.51. The Bertz CT molecular complexity index is 303. The van der Waals surface area contributed by atoms with Crippen molar-refractivity contribution in [2.24, 2.45) is 0 Å². The molecule has 7 heteroatoms. The highest BCUT2D eigenvalue weighted by Crippen LogP contribution is 2.50. The number of carbonyl (C=O) groups is 1. The van der Waals surface area contributed by atoms with Crippen LogP contribution < -0.4 is 0 Å². The van der Waals surface area contributed by atoms with Crippen LogP contribution in [0.3, 0.4) is 0 Å². The molecule has 1 N–H and O–H groups in total. The van der Waals surface area contributed by atoms with Gasteiger partial charge in [-0.2, -0.15) is 0 Å². The van der Waals surface area contributed by atoms with E-state index in [9.17, 15) is 14.5 Å². The molecule has 6 nitrogen and oxygen atoms in total. The zero-order chi connectivity index (χ0) is 13.0. The molecule has 0 aromatic rings. The fourth-order valence-corrected chi connectivity index (χ4v) is 1.77. The zero-order valence-electron chi connectivity index (χ0n) is 9.80. The molecule has 0 aliphatic carbocycles. The number of phosphoric acid groups is 1. The third-order valence-electron chi connectivity index (χ3n) is 2.17. The summed E-state index contributed by atoms with van der Waals surface area (Å²) in [6.45, 7) is 5.81. The molecule has 0 saturated carbocycles. The van der Waals surface area contributed by atoms with Crippen LogP contribution in [0.25, 0.3) is 0 Å². The van der Waals surface area contributed by atoms with E-state index in [2.05, 4.69) is 15.6 Å². The molecule has 0 saturated heterocycles. The first-order chi connectivity index (χ1) is 7.23. The molecule has 0 aliphatic rings. The van der Waals surface area contributed by atoms with E-state index in [1.165, 1.54) is 13.8 Å². The van der Waals surface area contributed by atoms with Gasteiger partial charge in [-0.1, -0.05) is 6.08 Å². The van der Waals surface area contributed by atoms with Crippen LogP contribution in [0.5, 0.6) is 0 Å². The van der Waals surface area contributed by atoms with Crippen LogP contribution in [0.1, 0.15) is 13.8 Å². The lowest BCUT2D eigenvalue weighted by Crippen LogP contribution is -2.45. The molecule has 0 bridgehead atoms. The average molecular weight is 252 g/mol. The Morgan fingerprint density at radius 3 is 2.19 bits per heavy atom. The van der Waals surface area contributed by atoms with E-state index in [-0.39, 0.29) is 0 Å². The van der Waals surface area contributed by atoms with Crippen molar-refractivity contribution in [3.8, 4) is 0 Å². The number of phosphoric ester groups is 1. The summed E-state index contributed by atoms with van der Waals surface area (Å²) in [4.78, 5) is 11.2. The molecule has 0 heterocycles. The smallest absolute Gasteiger partial charge is 0.379 e. The van der Waals surface area contributed by atoms with Gasteiger partial charge in [0.2, 0.25) is 0 Å². The normalized spacial score (nSPS) is 17.6. The lowest BCUT2D eigenvalue weighted by atomic mass is 9.95. The molecule has 16 heavy (non-hydrogen) atoms. The van der Waals surface area contributed by atoms with E-state index >= 15 is 0 Å². The zero-order valence-corrected chi connectivity index (χ0v) is 10.7. The van der Waals surface area contributed by atoms with Crippen LogP contribution in [0.15, 0.2) is 12.7 Å². The van der Waals surface area contributed by atoms with Crippen molar-refractivity contribution >= 4 is 13.6 Å². The van der Waals surface area contributed by atoms with Crippen molar-refractivity contribution in [1.29, 1.82) is 0 Å². The molecule has 0 rings (SSSR count). The Morgan fingerprint density at radius 1 is 1.50 bits per heavy atom. The van der Waals surface area contributed by atoms with Crippen molar-refractivity contribution in [2.75, 3.05) is 14.2 Å². The Labute approximate surface area is 94.8 Å². The predicted molar refractivity (Wildman–Crippen MR) is 58.0 cm³/mol. The van der Waals surface area contributed by atoms with Gasteiger partial charge in [-0.05, 0) is 13.8 Å². The SMILES string of the molecule is C=C[C@H](OP(=O)(OC)OC)[C@](C)(O)C(C)=O. The van der Waals surface area contributed by atoms with Gasteiger partial charge in [0.15, 0.2) is 5.78 Å². The van der Waals surface area contributed by atoms with Gasteiger partial charge in [-0.15, -0.1) is 6.58 Å². The topological polar surface area (TPSA) is 82.1 Å². The molecule has 0 radical (unpaired) electrons. The van der Waals surface area contributed by atoms with Crippen molar-refractivity contribution in [1.82, 2.24) is 0 Å². The maximum Gasteiger partial charge on any atom is 0.474 e. The van der Waals surface area contributed by atoms with Crippen molar-refractivity contribution < 1.29 is 28.0 Å². The van der Waals surface area contributed by atoms with Gasteiger partial charge in [0.05, 0.1) is 0 Å². The number of aliphatic hydroxyl groups is 1. The molecule has 0 aromatic carbocycles. The summed E-state index contributed by atoms with van der Waals surface area (Å²) >= 11 is 0. The second-order valence-electron chi connectivity index (χ2n) is 3.28. The minimum atomic E-state index is -3.77. The van der Waals surface area contributed by atoms with Crippen molar-refractivity contribution in [2.45, 2.75) is 25.6 Å². The van der Waals surface area contributed by atoms with Crippen LogP contribution in [0.4, 0.5) is 0 Å². The molecule has 94 valence electrons. The van der Waals surface area contributed by atoms with Crippen LogP contribution >= 0.6 is 7.82 Å². The van der Waals surface area contributed by atoms with Gasteiger partial charge in [0.1, 0.15) is 11.7 Å². The average Bonchev–Trinajstić information content (AvgIpc) is 2.25. The second-order valence-corrected chi connectivity index (χ2v) is 5.11. The van der Waals surface area contributed by atoms with Gasteiger partial charge in [0.25, 0.3) is 0 Å². The summed E-state index contributed by atoms with van der Waals surface area (Å²) in [6, 6.07) is 0. The predicted octanol–water partition coefficient (Wildman–Crippen LogP) is 1.30. The Kier molecular flexibility index (Phi) is 5.52. The van der Waals surface area contributed by atoms with Gasteiger partial charge in [-0.3, -0.25) is 18.4 Å². The van der Waals surface area contributed by atoms with Crippen LogP contribution in [-0.4, -0.2) is 36.8 Å². The third kappa shape index (κ3) is 3.50. The number of hydrogen-bond donors (Lipinski definition) is 1. The Morgan fingerprint density at radius 2 is 1.94 bits per heavy atom. The molecular weight excluding hydrogens is 235 g/mol. The fourth-order valence-electron chi connectivity index (χ4n) is 0.875. The van der Waals surface area contributed by atoms with E-state index in [1.54, 1.807) is 0 Å². The summed E-state index contributed by atoms with van der Waals surface area (Å²) < 4.78 is 25.7. The van der Waals surface area contributed by atoms with E-state index in [0.29, 0.717) is 0 Å². The highest BCUT2D eigenvalue weighted by atomic mass is 31.2. The van der Waals surface area contributed by atoms with Crippen molar-refractivity contribution in [3.63, 3.8) is 0 Å². The molecule has 0 spiro atoms. The summed E-state index contributed by atoms with van der Waals surface area (Å²) in [5.41, 5.74) is -1.84. The Hall–Kier alpha value is -0.520. The van der Waals surface area contributed by atoms with E-state index in [4.69, 9.17) is 4.52 Å². The molecule has 0 amide bonds. The first-order valence-corrected chi connectivity index (χ1v) is 5.95. The standard InChI is InChI=1S/C9H17O6P/c1-6-8(9(3,11)7(2)10)15-16(12,13-4)14-5/h6,8,11H,1H2,2-5H3/t8-,9+/m0/s1. The molecule has 0 unspecified atom stereocenters. The summed E-state index contributed by atoms with van der Waals surface area (Å²) in [5.74, 6) is -0.545.